The molecule has 1 atom stereocenters. The number of sulfonamides is 1. The molecule has 0 aromatic heterocycles. The summed E-state index contributed by atoms with van der Waals surface area (Å²) in [5.74, 6) is -0.326. The lowest BCUT2D eigenvalue weighted by Crippen LogP contribution is -2.27. The first-order valence-electron chi connectivity index (χ1n) is 9.32. The summed E-state index contributed by atoms with van der Waals surface area (Å²) in [5, 5.41) is 2.93. The van der Waals surface area contributed by atoms with E-state index in [0.29, 0.717) is 5.69 Å². The van der Waals surface area contributed by atoms with Gasteiger partial charge in [-0.25, -0.2) is 8.42 Å². The summed E-state index contributed by atoms with van der Waals surface area (Å²) in [6.07, 6.45) is 0. The summed E-state index contributed by atoms with van der Waals surface area (Å²) < 4.78 is 28.0. The van der Waals surface area contributed by atoms with Gasteiger partial charge in [-0.2, -0.15) is 0 Å². The Morgan fingerprint density at radius 2 is 1.62 bits per heavy atom. The lowest BCUT2D eigenvalue weighted by atomic mass is 10.0. The van der Waals surface area contributed by atoms with Gasteiger partial charge in [0.05, 0.1) is 10.9 Å². The van der Waals surface area contributed by atoms with E-state index in [-0.39, 0.29) is 22.4 Å². The third-order valence-corrected chi connectivity index (χ3v) is 6.06. The number of rotatable bonds is 6. The van der Waals surface area contributed by atoms with Crippen LogP contribution in [0.3, 0.4) is 0 Å². The van der Waals surface area contributed by atoms with E-state index >= 15 is 0 Å². The predicted molar refractivity (Wildman–Crippen MR) is 115 cm³/mol. The number of hydrogen-bond acceptors (Lipinski definition) is 3. The molecule has 150 valence electrons. The van der Waals surface area contributed by atoms with Crippen LogP contribution in [0.15, 0.2) is 77.7 Å². The molecule has 0 saturated carbocycles. The maximum atomic E-state index is 12.7. The van der Waals surface area contributed by atoms with E-state index in [2.05, 4.69) is 10.0 Å². The van der Waals surface area contributed by atoms with Crippen molar-refractivity contribution in [2.24, 2.45) is 0 Å². The molecule has 0 spiro atoms. The molecular weight excluding hydrogens is 384 g/mol. The highest BCUT2D eigenvalue weighted by Gasteiger charge is 2.18. The molecule has 0 bridgehead atoms. The smallest absolute Gasteiger partial charge is 0.261 e. The van der Waals surface area contributed by atoms with Crippen molar-refractivity contribution >= 4 is 21.6 Å². The van der Waals surface area contributed by atoms with E-state index < -0.39 is 10.0 Å². The summed E-state index contributed by atoms with van der Waals surface area (Å²) in [5.41, 5.74) is 3.82. The molecule has 3 rings (SSSR count). The standard InChI is InChI=1S/C23H24N2O3S/c1-16-8-6-11-20(14-16)25-29(27,28)21-12-7-10-19(15-21)23(26)24-18(3)22-13-5-4-9-17(22)2/h4-15,18,25H,1-3H3,(H,24,26)/t18-/m1/s1. The summed E-state index contributed by atoms with van der Waals surface area (Å²) in [6, 6.07) is 20.8. The van der Waals surface area contributed by atoms with Crippen molar-refractivity contribution in [2.45, 2.75) is 31.7 Å². The van der Waals surface area contributed by atoms with Gasteiger partial charge in [0, 0.05) is 11.3 Å². The van der Waals surface area contributed by atoms with Crippen molar-refractivity contribution in [2.75, 3.05) is 4.72 Å². The monoisotopic (exact) mass is 408 g/mol. The fourth-order valence-electron chi connectivity index (χ4n) is 3.16. The topological polar surface area (TPSA) is 75.3 Å². The maximum absolute atomic E-state index is 12.7. The number of aryl methyl sites for hydroxylation is 2. The molecule has 2 N–H and O–H groups in total. The van der Waals surface area contributed by atoms with Crippen molar-refractivity contribution in [3.05, 3.63) is 95.1 Å². The van der Waals surface area contributed by atoms with Crippen LogP contribution in [-0.4, -0.2) is 14.3 Å². The molecule has 3 aromatic rings. The molecule has 5 nitrogen and oxygen atoms in total. The van der Waals surface area contributed by atoms with Crippen LogP contribution < -0.4 is 10.0 Å². The fourth-order valence-corrected chi connectivity index (χ4v) is 4.25. The Morgan fingerprint density at radius 3 is 2.34 bits per heavy atom. The highest BCUT2D eigenvalue weighted by Crippen LogP contribution is 2.20. The van der Waals surface area contributed by atoms with Crippen LogP contribution in [0.25, 0.3) is 0 Å². The molecular formula is C23H24N2O3S. The second-order valence-corrected chi connectivity index (χ2v) is 8.74. The van der Waals surface area contributed by atoms with Crippen LogP contribution in [0.2, 0.25) is 0 Å². The van der Waals surface area contributed by atoms with Crippen LogP contribution in [0.4, 0.5) is 5.69 Å². The van der Waals surface area contributed by atoms with Gasteiger partial charge in [-0.3, -0.25) is 9.52 Å². The Morgan fingerprint density at radius 1 is 0.897 bits per heavy atom. The van der Waals surface area contributed by atoms with E-state index in [1.165, 1.54) is 12.1 Å². The Balaban J connectivity index is 1.79. The van der Waals surface area contributed by atoms with Gasteiger partial charge in [-0.15, -0.1) is 0 Å². The van der Waals surface area contributed by atoms with E-state index in [1.807, 2.05) is 51.1 Å². The second kappa shape index (κ2) is 8.49. The fraction of sp³-hybridized carbons (Fsp3) is 0.174. The van der Waals surface area contributed by atoms with Crippen molar-refractivity contribution < 1.29 is 13.2 Å². The Kier molecular flexibility index (Phi) is 6.03. The summed E-state index contributed by atoms with van der Waals surface area (Å²) in [4.78, 5) is 12.7. The SMILES string of the molecule is Cc1cccc(NS(=O)(=O)c2cccc(C(=O)N[C@H](C)c3ccccc3C)c2)c1. The van der Waals surface area contributed by atoms with Crippen molar-refractivity contribution in [3.63, 3.8) is 0 Å². The number of amides is 1. The van der Waals surface area contributed by atoms with Crippen molar-refractivity contribution in [1.82, 2.24) is 5.32 Å². The van der Waals surface area contributed by atoms with E-state index in [4.69, 9.17) is 0 Å². The number of anilines is 1. The lowest BCUT2D eigenvalue weighted by molar-refractivity contribution is 0.0939. The Hall–Kier alpha value is -3.12. The summed E-state index contributed by atoms with van der Waals surface area (Å²) >= 11 is 0. The summed E-state index contributed by atoms with van der Waals surface area (Å²) in [6.45, 7) is 5.78. The Bertz CT molecular complexity index is 1140. The molecule has 0 heterocycles. The molecule has 0 saturated heterocycles. The minimum absolute atomic E-state index is 0.0372. The van der Waals surface area contributed by atoms with Crippen LogP contribution >= 0.6 is 0 Å². The van der Waals surface area contributed by atoms with Crippen molar-refractivity contribution in [3.8, 4) is 0 Å². The normalized spacial score (nSPS) is 12.2. The molecule has 29 heavy (non-hydrogen) atoms. The van der Waals surface area contributed by atoms with Gasteiger partial charge in [0.1, 0.15) is 0 Å². The molecule has 0 unspecified atom stereocenters. The first kappa shape index (κ1) is 20.6. The Labute approximate surface area is 171 Å². The van der Waals surface area contributed by atoms with Crippen LogP contribution in [-0.2, 0) is 10.0 Å². The molecule has 6 heteroatoms. The molecule has 0 aliphatic rings. The number of hydrogen-bond donors (Lipinski definition) is 2. The van der Waals surface area contributed by atoms with Crippen LogP contribution in [0, 0.1) is 13.8 Å². The average molecular weight is 409 g/mol. The molecule has 3 aromatic carbocycles. The van der Waals surface area contributed by atoms with Crippen molar-refractivity contribution in [1.29, 1.82) is 0 Å². The van der Waals surface area contributed by atoms with Gasteiger partial charge in [-0.05, 0) is 67.8 Å². The summed E-state index contributed by atoms with van der Waals surface area (Å²) in [7, 11) is -3.80. The zero-order valence-electron chi connectivity index (χ0n) is 16.6. The van der Waals surface area contributed by atoms with E-state index in [1.54, 1.807) is 30.3 Å². The number of nitrogens with one attached hydrogen (secondary N) is 2. The quantitative estimate of drug-likeness (QED) is 0.626. The third-order valence-electron chi connectivity index (χ3n) is 4.68. The molecule has 1 amide bonds. The molecule has 0 fully saturated rings. The zero-order chi connectivity index (χ0) is 21.0. The molecule has 0 aliphatic carbocycles. The van der Waals surface area contributed by atoms with Gasteiger partial charge >= 0.3 is 0 Å². The largest absolute Gasteiger partial charge is 0.346 e. The van der Waals surface area contributed by atoms with E-state index in [9.17, 15) is 13.2 Å². The van der Waals surface area contributed by atoms with E-state index in [0.717, 1.165) is 16.7 Å². The molecule has 0 radical (unpaired) electrons. The number of carbonyl (C=O) groups is 1. The maximum Gasteiger partial charge on any atom is 0.261 e. The second-order valence-electron chi connectivity index (χ2n) is 7.05. The first-order chi connectivity index (χ1) is 13.8. The number of carbonyl (C=O) groups excluding carboxylic acids is 1. The van der Waals surface area contributed by atoms with Gasteiger partial charge in [0.25, 0.3) is 15.9 Å². The minimum Gasteiger partial charge on any atom is -0.346 e. The van der Waals surface area contributed by atoms with Gasteiger partial charge in [-0.1, -0.05) is 42.5 Å². The van der Waals surface area contributed by atoms with Gasteiger partial charge < -0.3 is 5.32 Å². The zero-order valence-corrected chi connectivity index (χ0v) is 17.5. The average Bonchev–Trinajstić information content (AvgIpc) is 2.68. The van der Waals surface area contributed by atoms with Crippen LogP contribution in [0.1, 0.15) is 40.0 Å². The number of benzene rings is 3. The van der Waals surface area contributed by atoms with Crippen LogP contribution in [0.5, 0.6) is 0 Å². The molecule has 0 aliphatic heterocycles. The van der Waals surface area contributed by atoms with Gasteiger partial charge in [0.15, 0.2) is 0 Å². The highest BCUT2D eigenvalue weighted by molar-refractivity contribution is 7.92. The minimum atomic E-state index is -3.80. The highest BCUT2D eigenvalue weighted by atomic mass is 32.2. The first-order valence-corrected chi connectivity index (χ1v) is 10.8. The predicted octanol–water partition coefficient (Wildman–Crippen LogP) is 4.60. The van der Waals surface area contributed by atoms with Gasteiger partial charge in [0.2, 0.25) is 0 Å². The lowest BCUT2D eigenvalue weighted by Gasteiger charge is -2.17. The third kappa shape index (κ3) is 5.03.